The number of benzene rings is 2. The highest BCUT2D eigenvalue weighted by atomic mass is 19.1. The van der Waals surface area contributed by atoms with E-state index in [1.807, 2.05) is 0 Å². The molecular formula is C13H10BFN2O5. The maximum Gasteiger partial charge on any atom is 0.488 e. The number of rotatable bonds is 4. The molecule has 1 amide bonds. The molecule has 0 aliphatic rings. The van der Waals surface area contributed by atoms with Crippen LogP contribution in [-0.2, 0) is 0 Å². The molecule has 0 bridgehead atoms. The van der Waals surface area contributed by atoms with Crippen LogP contribution in [0, 0.1) is 15.9 Å². The van der Waals surface area contributed by atoms with Crippen LogP contribution in [-0.4, -0.2) is 28.0 Å². The third-order valence-electron chi connectivity index (χ3n) is 2.82. The molecule has 0 spiro atoms. The van der Waals surface area contributed by atoms with E-state index in [-0.39, 0.29) is 22.4 Å². The molecule has 0 heterocycles. The molecule has 0 aliphatic heterocycles. The zero-order chi connectivity index (χ0) is 16.3. The van der Waals surface area contributed by atoms with E-state index in [1.54, 1.807) is 0 Å². The van der Waals surface area contributed by atoms with E-state index in [0.29, 0.717) is 0 Å². The molecule has 2 aromatic carbocycles. The summed E-state index contributed by atoms with van der Waals surface area (Å²) in [6, 6.07) is 8.05. The number of non-ortho nitro benzene ring substituents is 1. The number of nitro benzene ring substituents is 1. The normalized spacial score (nSPS) is 10.1. The number of halogens is 1. The van der Waals surface area contributed by atoms with E-state index in [9.17, 15) is 19.3 Å². The Labute approximate surface area is 124 Å². The van der Waals surface area contributed by atoms with Gasteiger partial charge in [0.2, 0.25) is 0 Å². The minimum atomic E-state index is -1.90. The van der Waals surface area contributed by atoms with Crippen molar-refractivity contribution in [2.75, 3.05) is 5.32 Å². The van der Waals surface area contributed by atoms with Crippen molar-refractivity contribution in [3.63, 3.8) is 0 Å². The van der Waals surface area contributed by atoms with E-state index in [4.69, 9.17) is 10.0 Å². The fourth-order valence-corrected chi connectivity index (χ4v) is 1.76. The van der Waals surface area contributed by atoms with E-state index < -0.39 is 23.8 Å². The number of nitrogens with zero attached hydrogens (tertiary/aromatic N) is 1. The number of nitro groups is 1. The van der Waals surface area contributed by atoms with Crippen LogP contribution in [0.3, 0.4) is 0 Å². The van der Waals surface area contributed by atoms with Gasteiger partial charge >= 0.3 is 7.12 Å². The molecule has 0 radical (unpaired) electrons. The number of carbonyl (C=O) groups is 1. The van der Waals surface area contributed by atoms with Crippen molar-refractivity contribution >= 4 is 29.9 Å². The highest BCUT2D eigenvalue weighted by Gasteiger charge is 2.16. The maximum atomic E-state index is 13.4. The number of hydrogen-bond acceptors (Lipinski definition) is 5. The molecule has 22 heavy (non-hydrogen) atoms. The van der Waals surface area contributed by atoms with Crippen molar-refractivity contribution in [1.29, 1.82) is 0 Å². The Morgan fingerprint density at radius 3 is 2.36 bits per heavy atom. The molecule has 0 aliphatic carbocycles. The van der Waals surface area contributed by atoms with Gasteiger partial charge in [0.1, 0.15) is 5.82 Å². The highest BCUT2D eigenvalue weighted by molar-refractivity contribution is 6.58. The van der Waals surface area contributed by atoms with Gasteiger partial charge in [-0.25, -0.2) is 4.39 Å². The van der Waals surface area contributed by atoms with Gasteiger partial charge in [0.25, 0.3) is 11.6 Å². The molecule has 3 N–H and O–H groups in total. The van der Waals surface area contributed by atoms with Gasteiger partial charge in [-0.1, -0.05) is 0 Å². The first-order valence-electron chi connectivity index (χ1n) is 6.09. The zero-order valence-corrected chi connectivity index (χ0v) is 11.1. The SMILES string of the molecule is O=C(Nc1ccc([N+](=O)[O-])cc1)c1cc(F)cc(B(O)O)c1. The lowest BCUT2D eigenvalue weighted by Gasteiger charge is -2.07. The number of carbonyl (C=O) groups excluding carboxylic acids is 1. The molecular weight excluding hydrogens is 294 g/mol. The second-order valence-electron chi connectivity index (χ2n) is 4.41. The van der Waals surface area contributed by atoms with Gasteiger partial charge in [-0.3, -0.25) is 14.9 Å². The molecule has 0 saturated carbocycles. The Bertz CT molecular complexity index is 721. The van der Waals surface area contributed by atoms with Gasteiger partial charge in [-0.2, -0.15) is 0 Å². The number of hydrogen-bond donors (Lipinski definition) is 3. The average Bonchev–Trinajstić information content (AvgIpc) is 2.47. The largest absolute Gasteiger partial charge is 0.488 e. The van der Waals surface area contributed by atoms with E-state index >= 15 is 0 Å². The monoisotopic (exact) mass is 304 g/mol. The predicted octanol–water partition coefficient (Wildman–Crippen LogP) is 0.666. The number of amides is 1. The predicted molar refractivity (Wildman–Crippen MR) is 77.3 cm³/mol. The fraction of sp³-hybridized carbons (Fsp3) is 0. The summed E-state index contributed by atoms with van der Waals surface area (Å²) in [4.78, 5) is 21.9. The maximum absolute atomic E-state index is 13.4. The van der Waals surface area contributed by atoms with Crippen molar-refractivity contribution < 1.29 is 24.2 Å². The summed E-state index contributed by atoms with van der Waals surface area (Å²) in [5.41, 5.74) is -0.115. The Kier molecular flexibility index (Phi) is 4.49. The number of nitrogens with one attached hydrogen (secondary N) is 1. The lowest BCUT2D eigenvalue weighted by atomic mass is 9.79. The minimum Gasteiger partial charge on any atom is -0.423 e. The van der Waals surface area contributed by atoms with Crippen molar-refractivity contribution in [2.24, 2.45) is 0 Å². The zero-order valence-electron chi connectivity index (χ0n) is 11.1. The first-order chi connectivity index (χ1) is 10.4. The first kappa shape index (κ1) is 15.6. The minimum absolute atomic E-state index is 0.110. The lowest BCUT2D eigenvalue weighted by Crippen LogP contribution is -2.31. The van der Waals surface area contributed by atoms with Gasteiger partial charge in [0, 0.05) is 23.4 Å². The Hall–Kier alpha value is -2.78. The van der Waals surface area contributed by atoms with E-state index in [2.05, 4.69) is 5.32 Å². The summed E-state index contributed by atoms with van der Waals surface area (Å²) in [6.45, 7) is 0. The first-order valence-corrected chi connectivity index (χ1v) is 6.09. The molecule has 2 aromatic rings. The van der Waals surface area contributed by atoms with Gasteiger partial charge < -0.3 is 15.4 Å². The Morgan fingerprint density at radius 1 is 1.18 bits per heavy atom. The molecule has 112 valence electrons. The molecule has 0 aromatic heterocycles. The van der Waals surface area contributed by atoms with Gasteiger partial charge in [0.05, 0.1) is 4.92 Å². The quantitative estimate of drug-likeness (QED) is 0.436. The van der Waals surface area contributed by atoms with Crippen LogP contribution >= 0.6 is 0 Å². The van der Waals surface area contributed by atoms with Crippen molar-refractivity contribution in [3.8, 4) is 0 Å². The van der Waals surface area contributed by atoms with E-state index in [0.717, 1.165) is 18.2 Å². The van der Waals surface area contributed by atoms with Crippen LogP contribution in [0.25, 0.3) is 0 Å². The van der Waals surface area contributed by atoms with Crippen LogP contribution < -0.4 is 10.8 Å². The molecule has 0 atom stereocenters. The van der Waals surface area contributed by atoms with Gasteiger partial charge in [0.15, 0.2) is 0 Å². The van der Waals surface area contributed by atoms with Crippen molar-refractivity contribution in [2.45, 2.75) is 0 Å². The highest BCUT2D eigenvalue weighted by Crippen LogP contribution is 2.16. The number of anilines is 1. The third-order valence-corrected chi connectivity index (χ3v) is 2.82. The standard InChI is InChI=1S/C13H10BFN2O5/c15-10-6-8(5-9(7-10)14(19)20)13(18)16-11-1-3-12(4-2-11)17(21)22/h1-7,19-20H,(H,16,18). The summed E-state index contributed by atoms with van der Waals surface area (Å²) >= 11 is 0. The molecule has 2 rings (SSSR count). The molecule has 0 unspecified atom stereocenters. The average molecular weight is 304 g/mol. The summed E-state index contributed by atoms with van der Waals surface area (Å²) < 4.78 is 13.4. The second-order valence-corrected chi connectivity index (χ2v) is 4.41. The third kappa shape index (κ3) is 3.65. The smallest absolute Gasteiger partial charge is 0.423 e. The Morgan fingerprint density at radius 2 is 1.82 bits per heavy atom. The topological polar surface area (TPSA) is 113 Å². The lowest BCUT2D eigenvalue weighted by molar-refractivity contribution is -0.384. The molecule has 0 fully saturated rings. The second kappa shape index (κ2) is 6.33. The van der Waals surface area contributed by atoms with Crippen LogP contribution in [0.1, 0.15) is 10.4 Å². The Balaban J connectivity index is 2.20. The van der Waals surface area contributed by atoms with E-state index in [1.165, 1.54) is 24.3 Å². The summed E-state index contributed by atoms with van der Waals surface area (Å²) in [5, 5.41) is 31.0. The van der Waals surface area contributed by atoms with Crippen molar-refractivity contribution in [3.05, 3.63) is 64.0 Å². The summed E-state index contributed by atoms with van der Waals surface area (Å²) in [5.74, 6) is -1.48. The fourth-order valence-electron chi connectivity index (χ4n) is 1.76. The van der Waals surface area contributed by atoms with Crippen LogP contribution in [0.2, 0.25) is 0 Å². The summed E-state index contributed by atoms with van der Waals surface area (Å²) in [6.07, 6.45) is 0. The molecule has 9 heteroatoms. The van der Waals surface area contributed by atoms with Crippen LogP contribution in [0.15, 0.2) is 42.5 Å². The van der Waals surface area contributed by atoms with Crippen molar-refractivity contribution in [1.82, 2.24) is 0 Å². The summed E-state index contributed by atoms with van der Waals surface area (Å²) in [7, 11) is -1.90. The molecule has 0 saturated heterocycles. The molecule has 7 nitrogen and oxygen atoms in total. The van der Waals surface area contributed by atoms with Gasteiger partial charge in [-0.15, -0.1) is 0 Å². The van der Waals surface area contributed by atoms with Crippen LogP contribution in [0.4, 0.5) is 15.8 Å². The van der Waals surface area contributed by atoms with Crippen LogP contribution in [0.5, 0.6) is 0 Å². The van der Waals surface area contributed by atoms with Gasteiger partial charge in [-0.05, 0) is 35.8 Å².